The minimum Gasteiger partial charge on any atom is -0.320 e. The molecule has 0 bridgehead atoms. The van der Waals surface area contributed by atoms with Crippen molar-refractivity contribution in [2.45, 2.75) is 20.8 Å². The van der Waals surface area contributed by atoms with Gasteiger partial charge in [-0.2, -0.15) is 5.10 Å². The first kappa shape index (κ1) is 15.0. The highest BCUT2D eigenvalue weighted by Gasteiger charge is 2.12. The molecule has 4 heteroatoms. The summed E-state index contributed by atoms with van der Waals surface area (Å²) in [5.74, 6) is -0.190. The predicted octanol–water partition coefficient (Wildman–Crippen LogP) is 4.25. The van der Waals surface area contributed by atoms with Crippen LogP contribution in [0.4, 0.5) is 5.69 Å². The molecule has 0 saturated carbocycles. The first-order chi connectivity index (χ1) is 11.0. The number of aromatic amines is 1. The van der Waals surface area contributed by atoms with E-state index in [0.29, 0.717) is 5.69 Å². The highest BCUT2D eigenvalue weighted by atomic mass is 16.1. The standard InChI is InChI=1S/C19H19N3O/c1-12-7-9-15(10-8-12)17-11-18(22-21-17)19(23)20-16-6-4-5-13(2)14(16)3/h4-11H,1-3H3,(H,20,23)(H,21,22). The molecule has 2 N–H and O–H groups in total. The van der Waals surface area contributed by atoms with Crippen molar-refractivity contribution in [1.82, 2.24) is 10.2 Å². The molecule has 23 heavy (non-hydrogen) atoms. The molecule has 3 aromatic rings. The number of hydrogen-bond acceptors (Lipinski definition) is 2. The number of anilines is 1. The molecule has 0 aliphatic heterocycles. The van der Waals surface area contributed by atoms with Gasteiger partial charge in [0, 0.05) is 11.3 Å². The van der Waals surface area contributed by atoms with E-state index >= 15 is 0 Å². The van der Waals surface area contributed by atoms with Crippen LogP contribution < -0.4 is 5.32 Å². The summed E-state index contributed by atoms with van der Waals surface area (Å²) in [6, 6.07) is 15.7. The number of aromatic nitrogens is 2. The SMILES string of the molecule is Cc1ccc(-c2cc(C(=O)Nc3cccc(C)c3C)[nH]n2)cc1. The maximum Gasteiger partial charge on any atom is 0.273 e. The molecule has 0 atom stereocenters. The first-order valence-corrected chi connectivity index (χ1v) is 7.54. The Hall–Kier alpha value is -2.88. The average Bonchev–Trinajstić information content (AvgIpc) is 3.02. The summed E-state index contributed by atoms with van der Waals surface area (Å²) in [7, 11) is 0. The van der Waals surface area contributed by atoms with Crippen LogP contribution in [-0.2, 0) is 0 Å². The summed E-state index contributed by atoms with van der Waals surface area (Å²) in [5, 5.41) is 9.97. The van der Waals surface area contributed by atoms with Gasteiger partial charge in [0.15, 0.2) is 0 Å². The summed E-state index contributed by atoms with van der Waals surface area (Å²) >= 11 is 0. The second kappa shape index (κ2) is 6.08. The fourth-order valence-electron chi connectivity index (χ4n) is 2.39. The van der Waals surface area contributed by atoms with E-state index in [1.165, 1.54) is 5.56 Å². The highest BCUT2D eigenvalue weighted by Crippen LogP contribution is 2.21. The fourth-order valence-corrected chi connectivity index (χ4v) is 2.39. The Labute approximate surface area is 135 Å². The second-order valence-corrected chi connectivity index (χ2v) is 5.73. The largest absolute Gasteiger partial charge is 0.320 e. The molecule has 0 unspecified atom stereocenters. The third kappa shape index (κ3) is 3.16. The van der Waals surface area contributed by atoms with E-state index in [-0.39, 0.29) is 5.91 Å². The van der Waals surface area contributed by atoms with Crippen LogP contribution in [-0.4, -0.2) is 16.1 Å². The van der Waals surface area contributed by atoms with Crippen LogP contribution in [0, 0.1) is 20.8 Å². The van der Waals surface area contributed by atoms with Gasteiger partial charge in [-0.3, -0.25) is 9.89 Å². The van der Waals surface area contributed by atoms with E-state index in [4.69, 9.17) is 0 Å². The number of hydrogen-bond donors (Lipinski definition) is 2. The van der Waals surface area contributed by atoms with Gasteiger partial charge in [0.2, 0.25) is 0 Å². The van der Waals surface area contributed by atoms with Crippen LogP contribution in [0.3, 0.4) is 0 Å². The van der Waals surface area contributed by atoms with E-state index < -0.39 is 0 Å². The Bertz CT molecular complexity index is 847. The lowest BCUT2D eigenvalue weighted by molar-refractivity contribution is 0.102. The van der Waals surface area contributed by atoms with Crippen LogP contribution >= 0.6 is 0 Å². The zero-order valence-corrected chi connectivity index (χ0v) is 13.5. The molecule has 0 fully saturated rings. The maximum atomic E-state index is 12.4. The summed E-state index contributed by atoms with van der Waals surface area (Å²) < 4.78 is 0. The lowest BCUT2D eigenvalue weighted by Gasteiger charge is -2.09. The van der Waals surface area contributed by atoms with Crippen molar-refractivity contribution in [1.29, 1.82) is 0 Å². The Balaban J connectivity index is 1.81. The number of amides is 1. The summed E-state index contributed by atoms with van der Waals surface area (Å²) in [4.78, 5) is 12.4. The number of benzene rings is 2. The van der Waals surface area contributed by atoms with Gasteiger partial charge in [0.05, 0.1) is 5.69 Å². The van der Waals surface area contributed by atoms with Gasteiger partial charge in [0.1, 0.15) is 5.69 Å². The van der Waals surface area contributed by atoms with Crippen LogP contribution in [0.2, 0.25) is 0 Å². The summed E-state index contributed by atoms with van der Waals surface area (Å²) in [6.45, 7) is 6.06. The molecule has 4 nitrogen and oxygen atoms in total. The van der Waals surface area contributed by atoms with Gasteiger partial charge in [-0.25, -0.2) is 0 Å². The molecule has 0 saturated heterocycles. The third-order valence-electron chi connectivity index (χ3n) is 4.02. The van der Waals surface area contributed by atoms with E-state index in [1.54, 1.807) is 6.07 Å². The van der Waals surface area contributed by atoms with Crippen molar-refractivity contribution in [3.05, 3.63) is 70.9 Å². The highest BCUT2D eigenvalue weighted by molar-refractivity contribution is 6.03. The molecule has 116 valence electrons. The number of carbonyl (C=O) groups excluding carboxylic acids is 1. The Morgan fingerprint density at radius 3 is 2.52 bits per heavy atom. The molecule has 1 amide bonds. The van der Waals surface area contributed by atoms with E-state index in [0.717, 1.165) is 28.1 Å². The molecule has 0 spiro atoms. The molecule has 3 rings (SSSR count). The van der Waals surface area contributed by atoms with E-state index in [1.807, 2.05) is 63.2 Å². The van der Waals surface area contributed by atoms with Crippen molar-refractivity contribution >= 4 is 11.6 Å². The average molecular weight is 305 g/mol. The molecular formula is C19H19N3O. The number of rotatable bonds is 3. The zero-order valence-electron chi connectivity index (χ0n) is 13.5. The number of aryl methyl sites for hydroxylation is 2. The Morgan fingerprint density at radius 1 is 1.04 bits per heavy atom. The van der Waals surface area contributed by atoms with E-state index in [9.17, 15) is 4.79 Å². The minimum absolute atomic E-state index is 0.190. The molecule has 0 radical (unpaired) electrons. The predicted molar refractivity (Wildman–Crippen MR) is 92.6 cm³/mol. The topological polar surface area (TPSA) is 57.8 Å². The molecule has 1 heterocycles. The molecule has 2 aromatic carbocycles. The van der Waals surface area contributed by atoms with E-state index in [2.05, 4.69) is 15.5 Å². The monoisotopic (exact) mass is 305 g/mol. The van der Waals surface area contributed by atoms with Crippen molar-refractivity contribution in [2.75, 3.05) is 5.32 Å². The second-order valence-electron chi connectivity index (χ2n) is 5.73. The van der Waals surface area contributed by atoms with Gasteiger partial charge in [0.25, 0.3) is 5.91 Å². The van der Waals surface area contributed by atoms with Crippen LogP contribution in [0.5, 0.6) is 0 Å². The van der Waals surface area contributed by atoms with Crippen LogP contribution in [0.25, 0.3) is 11.3 Å². The van der Waals surface area contributed by atoms with Crippen LogP contribution in [0.15, 0.2) is 48.5 Å². The van der Waals surface area contributed by atoms with Gasteiger partial charge in [-0.05, 0) is 44.0 Å². The summed E-state index contributed by atoms with van der Waals surface area (Å²) in [6.07, 6.45) is 0. The fraction of sp³-hybridized carbons (Fsp3) is 0.158. The van der Waals surface area contributed by atoms with Gasteiger partial charge in [-0.15, -0.1) is 0 Å². The Morgan fingerprint density at radius 2 is 1.78 bits per heavy atom. The first-order valence-electron chi connectivity index (χ1n) is 7.54. The smallest absolute Gasteiger partial charge is 0.273 e. The Kier molecular flexibility index (Phi) is 3.98. The quantitative estimate of drug-likeness (QED) is 0.760. The van der Waals surface area contributed by atoms with Crippen LogP contribution in [0.1, 0.15) is 27.2 Å². The lowest BCUT2D eigenvalue weighted by Crippen LogP contribution is -2.13. The minimum atomic E-state index is -0.190. The van der Waals surface area contributed by atoms with Crippen molar-refractivity contribution < 1.29 is 4.79 Å². The number of nitrogens with one attached hydrogen (secondary N) is 2. The van der Waals surface area contributed by atoms with Crippen molar-refractivity contribution in [2.24, 2.45) is 0 Å². The summed E-state index contributed by atoms with van der Waals surface area (Å²) in [5.41, 5.74) is 6.42. The number of nitrogens with zero attached hydrogens (tertiary/aromatic N) is 1. The number of carbonyl (C=O) groups is 1. The van der Waals surface area contributed by atoms with Gasteiger partial charge >= 0.3 is 0 Å². The van der Waals surface area contributed by atoms with Gasteiger partial charge in [-0.1, -0.05) is 42.0 Å². The number of H-pyrrole nitrogens is 1. The molecule has 1 aromatic heterocycles. The van der Waals surface area contributed by atoms with Crippen molar-refractivity contribution in [3.8, 4) is 11.3 Å². The third-order valence-corrected chi connectivity index (χ3v) is 4.02. The molecular weight excluding hydrogens is 286 g/mol. The maximum absolute atomic E-state index is 12.4. The van der Waals surface area contributed by atoms with Gasteiger partial charge < -0.3 is 5.32 Å². The normalized spacial score (nSPS) is 10.6. The van der Waals surface area contributed by atoms with Crippen molar-refractivity contribution in [3.63, 3.8) is 0 Å². The zero-order chi connectivity index (χ0) is 16.4. The lowest BCUT2D eigenvalue weighted by atomic mass is 10.1. The molecule has 0 aliphatic carbocycles. The molecule has 0 aliphatic rings.